The summed E-state index contributed by atoms with van der Waals surface area (Å²) in [5, 5.41) is 9.41. The zero-order valence-electron chi connectivity index (χ0n) is 16.1. The first-order valence-electron chi connectivity index (χ1n) is 9.48. The summed E-state index contributed by atoms with van der Waals surface area (Å²) in [7, 11) is 0. The Bertz CT molecular complexity index is 1080. The SMILES string of the molecule is CC1Oc2ccc(NC(=O)CCCc3nc(-c4ccc(F)cc4)no3)cc2NC1=O. The molecule has 154 valence electrons. The van der Waals surface area contributed by atoms with Gasteiger partial charge in [0.2, 0.25) is 17.6 Å². The third-order valence-electron chi connectivity index (χ3n) is 4.56. The van der Waals surface area contributed by atoms with Crippen molar-refractivity contribution in [3.05, 3.63) is 54.2 Å². The van der Waals surface area contributed by atoms with E-state index in [0.29, 0.717) is 47.2 Å². The third kappa shape index (κ3) is 4.45. The number of carbonyl (C=O) groups is 2. The molecule has 3 aromatic rings. The number of nitrogens with one attached hydrogen (secondary N) is 2. The van der Waals surface area contributed by atoms with Crippen LogP contribution in [0.15, 0.2) is 47.0 Å². The molecule has 30 heavy (non-hydrogen) atoms. The number of rotatable bonds is 6. The van der Waals surface area contributed by atoms with Crippen molar-refractivity contribution in [1.82, 2.24) is 10.1 Å². The Morgan fingerprint density at radius 3 is 2.83 bits per heavy atom. The highest BCUT2D eigenvalue weighted by molar-refractivity contribution is 5.99. The Kier molecular flexibility index (Phi) is 5.42. The Balaban J connectivity index is 1.28. The van der Waals surface area contributed by atoms with Crippen LogP contribution in [0.1, 0.15) is 25.7 Å². The Morgan fingerprint density at radius 2 is 2.03 bits per heavy atom. The smallest absolute Gasteiger partial charge is 0.265 e. The number of aromatic nitrogens is 2. The number of aryl methyl sites for hydroxylation is 1. The van der Waals surface area contributed by atoms with Crippen LogP contribution in [0, 0.1) is 5.82 Å². The number of nitrogens with zero attached hydrogens (tertiary/aromatic N) is 2. The van der Waals surface area contributed by atoms with E-state index in [1.807, 2.05) is 0 Å². The average Bonchev–Trinajstić information content (AvgIpc) is 3.18. The van der Waals surface area contributed by atoms with Gasteiger partial charge < -0.3 is 19.9 Å². The van der Waals surface area contributed by atoms with E-state index in [0.717, 1.165) is 0 Å². The first-order valence-corrected chi connectivity index (χ1v) is 9.48. The minimum absolute atomic E-state index is 0.176. The number of halogens is 1. The van der Waals surface area contributed by atoms with E-state index in [2.05, 4.69) is 20.8 Å². The zero-order valence-corrected chi connectivity index (χ0v) is 16.1. The Morgan fingerprint density at radius 1 is 1.23 bits per heavy atom. The monoisotopic (exact) mass is 410 g/mol. The first-order chi connectivity index (χ1) is 14.5. The maximum absolute atomic E-state index is 13.0. The molecule has 0 saturated heterocycles. The lowest BCUT2D eigenvalue weighted by Crippen LogP contribution is -2.34. The standard InChI is InChI=1S/C21H19FN4O4/c1-12-21(28)24-16-11-15(9-10-17(16)29-12)23-18(27)3-2-4-19-25-20(26-30-19)13-5-7-14(22)8-6-13/h5-12H,2-4H2,1H3,(H,23,27)(H,24,28). The molecule has 0 aliphatic carbocycles. The lowest BCUT2D eigenvalue weighted by molar-refractivity contribution is -0.122. The first kappa shape index (κ1) is 19.6. The van der Waals surface area contributed by atoms with Crippen LogP contribution >= 0.6 is 0 Å². The van der Waals surface area contributed by atoms with Crippen LogP contribution < -0.4 is 15.4 Å². The lowest BCUT2D eigenvalue weighted by Gasteiger charge is -2.23. The van der Waals surface area contributed by atoms with Gasteiger partial charge in [-0.05, 0) is 55.8 Å². The topological polar surface area (TPSA) is 106 Å². The summed E-state index contributed by atoms with van der Waals surface area (Å²) in [6.07, 6.45) is 0.657. The number of anilines is 2. The quantitative estimate of drug-likeness (QED) is 0.644. The summed E-state index contributed by atoms with van der Waals surface area (Å²) < 4.78 is 23.7. The molecule has 2 aromatic carbocycles. The van der Waals surface area contributed by atoms with Gasteiger partial charge in [0.1, 0.15) is 11.6 Å². The van der Waals surface area contributed by atoms with Gasteiger partial charge in [-0.15, -0.1) is 0 Å². The second-order valence-corrected chi connectivity index (χ2v) is 6.88. The van der Waals surface area contributed by atoms with Crippen LogP contribution in [0.3, 0.4) is 0 Å². The minimum atomic E-state index is -0.550. The van der Waals surface area contributed by atoms with E-state index in [1.165, 1.54) is 12.1 Å². The highest BCUT2D eigenvalue weighted by Crippen LogP contribution is 2.32. The second kappa shape index (κ2) is 8.32. The average molecular weight is 410 g/mol. The molecular formula is C21H19FN4O4. The highest BCUT2D eigenvalue weighted by atomic mass is 19.1. The molecule has 1 atom stereocenters. The largest absolute Gasteiger partial charge is 0.479 e. The minimum Gasteiger partial charge on any atom is -0.479 e. The van der Waals surface area contributed by atoms with E-state index in [9.17, 15) is 14.0 Å². The number of fused-ring (bicyclic) bond motifs is 1. The van der Waals surface area contributed by atoms with E-state index in [4.69, 9.17) is 9.26 Å². The van der Waals surface area contributed by atoms with Gasteiger partial charge in [0.25, 0.3) is 5.91 Å². The molecule has 0 saturated carbocycles. The summed E-state index contributed by atoms with van der Waals surface area (Å²) in [5.41, 5.74) is 1.74. The van der Waals surface area contributed by atoms with Crippen molar-refractivity contribution < 1.29 is 23.2 Å². The van der Waals surface area contributed by atoms with Crippen molar-refractivity contribution in [3.63, 3.8) is 0 Å². The predicted molar refractivity (Wildman–Crippen MR) is 106 cm³/mol. The Hall–Kier alpha value is -3.75. The molecule has 1 unspecified atom stereocenters. The predicted octanol–water partition coefficient (Wildman–Crippen LogP) is 3.56. The van der Waals surface area contributed by atoms with Crippen LogP contribution in [0.25, 0.3) is 11.4 Å². The summed E-state index contributed by atoms with van der Waals surface area (Å²) in [6.45, 7) is 1.67. The molecule has 4 rings (SSSR count). The number of benzene rings is 2. The van der Waals surface area contributed by atoms with Crippen molar-refractivity contribution in [2.24, 2.45) is 0 Å². The van der Waals surface area contributed by atoms with Gasteiger partial charge in [-0.3, -0.25) is 9.59 Å². The number of amides is 2. The molecular weight excluding hydrogens is 391 g/mol. The van der Waals surface area contributed by atoms with Gasteiger partial charge in [0.15, 0.2) is 6.10 Å². The molecule has 0 bridgehead atoms. The van der Waals surface area contributed by atoms with Crippen LogP contribution in [0.2, 0.25) is 0 Å². The summed E-state index contributed by atoms with van der Waals surface area (Å²) in [5.74, 6) is 0.604. The maximum Gasteiger partial charge on any atom is 0.265 e. The number of ether oxygens (including phenoxy) is 1. The molecule has 2 N–H and O–H groups in total. The Labute approximate surface area is 171 Å². The number of carbonyl (C=O) groups excluding carboxylic acids is 2. The van der Waals surface area contributed by atoms with E-state index >= 15 is 0 Å². The second-order valence-electron chi connectivity index (χ2n) is 6.88. The lowest BCUT2D eigenvalue weighted by atomic mass is 10.2. The molecule has 1 aliphatic heterocycles. The molecule has 0 radical (unpaired) electrons. The molecule has 9 heteroatoms. The molecule has 0 spiro atoms. The van der Waals surface area contributed by atoms with E-state index in [1.54, 1.807) is 37.3 Å². The van der Waals surface area contributed by atoms with Crippen molar-refractivity contribution in [1.29, 1.82) is 0 Å². The maximum atomic E-state index is 13.0. The van der Waals surface area contributed by atoms with Crippen molar-refractivity contribution in [2.45, 2.75) is 32.3 Å². The molecule has 2 amide bonds. The van der Waals surface area contributed by atoms with E-state index in [-0.39, 0.29) is 24.1 Å². The fourth-order valence-corrected chi connectivity index (χ4v) is 2.98. The summed E-state index contributed by atoms with van der Waals surface area (Å²) in [6, 6.07) is 10.9. The number of hydrogen-bond acceptors (Lipinski definition) is 6. The summed E-state index contributed by atoms with van der Waals surface area (Å²) in [4.78, 5) is 28.2. The van der Waals surface area contributed by atoms with Crippen molar-refractivity contribution in [3.8, 4) is 17.1 Å². The van der Waals surface area contributed by atoms with Crippen molar-refractivity contribution >= 4 is 23.2 Å². The fraction of sp³-hybridized carbons (Fsp3) is 0.238. The van der Waals surface area contributed by atoms with E-state index < -0.39 is 6.10 Å². The van der Waals surface area contributed by atoms with Crippen LogP contribution in [-0.2, 0) is 16.0 Å². The van der Waals surface area contributed by atoms with Crippen LogP contribution in [0.4, 0.5) is 15.8 Å². The van der Waals surface area contributed by atoms with Gasteiger partial charge in [0, 0.05) is 24.1 Å². The molecule has 2 heterocycles. The molecule has 8 nitrogen and oxygen atoms in total. The van der Waals surface area contributed by atoms with Gasteiger partial charge >= 0.3 is 0 Å². The normalized spacial score (nSPS) is 15.1. The van der Waals surface area contributed by atoms with Gasteiger partial charge in [0.05, 0.1) is 5.69 Å². The molecule has 1 aromatic heterocycles. The van der Waals surface area contributed by atoms with Crippen LogP contribution in [0.5, 0.6) is 5.75 Å². The number of hydrogen-bond donors (Lipinski definition) is 2. The van der Waals surface area contributed by atoms with Crippen LogP contribution in [-0.4, -0.2) is 28.1 Å². The van der Waals surface area contributed by atoms with Crippen molar-refractivity contribution in [2.75, 3.05) is 10.6 Å². The molecule has 1 aliphatic rings. The summed E-state index contributed by atoms with van der Waals surface area (Å²) >= 11 is 0. The highest BCUT2D eigenvalue weighted by Gasteiger charge is 2.23. The zero-order chi connectivity index (χ0) is 21.1. The molecule has 0 fully saturated rings. The van der Waals surface area contributed by atoms with Gasteiger partial charge in [-0.1, -0.05) is 5.16 Å². The third-order valence-corrected chi connectivity index (χ3v) is 4.56. The van der Waals surface area contributed by atoms with Gasteiger partial charge in [-0.2, -0.15) is 4.98 Å². The fourth-order valence-electron chi connectivity index (χ4n) is 2.98. The van der Waals surface area contributed by atoms with Gasteiger partial charge in [-0.25, -0.2) is 4.39 Å².